The van der Waals surface area contributed by atoms with Crippen LogP contribution in [-0.2, 0) is 14.3 Å². The number of amides is 3. The lowest BCUT2D eigenvalue weighted by atomic mass is 9.93. The molecule has 0 bridgehead atoms. The highest BCUT2D eigenvalue weighted by molar-refractivity contribution is 5.92. The summed E-state index contributed by atoms with van der Waals surface area (Å²) in [6.07, 6.45) is 5.72. The van der Waals surface area contributed by atoms with E-state index in [1.54, 1.807) is 37.8 Å². The predicted octanol–water partition coefficient (Wildman–Crippen LogP) is 5.06. The molecule has 0 aromatic heterocycles. The van der Waals surface area contributed by atoms with E-state index in [9.17, 15) is 19.5 Å². The van der Waals surface area contributed by atoms with Crippen LogP contribution in [-0.4, -0.2) is 52.1 Å². The second-order valence-corrected chi connectivity index (χ2v) is 10.9. The quantitative estimate of drug-likeness (QED) is 0.414. The largest absolute Gasteiger partial charge is 0.508 e. The Balaban J connectivity index is 2.43. The Labute approximate surface area is 216 Å². The molecular weight excluding hydrogens is 458 g/mol. The van der Waals surface area contributed by atoms with E-state index in [2.05, 4.69) is 10.6 Å². The van der Waals surface area contributed by atoms with Crippen LogP contribution < -0.4 is 10.6 Å². The van der Waals surface area contributed by atoms with Crippen LogP contribution in [0, 0.1) is 5.92 Å². The Hall–Kier alpha value is -2.77. The van der Waals surface area contributed by atoms with Crippen molar-refractivity contribution in [3.8, 4) is 5.75 Å². The van der Waals surface area contributed by atoms with Gasteiger partial charge in [0, 0.05) is 12.6 Å². The predicted molar refractivity (Wildman–Crippen MR) is 140 cm³/mol. The van der Waals surface area contributed by atoms with Crippen LogP contribution in [0.1, 0.15) is 98.1 Å². The summed E-state index contributed by atoms with van der Waals surface area (Å²) >= 11 is 0. The van der Waals surface area contributed by atoms with Gasteiger partial charge in [-0.3, -0.25) is 9.59 Å². The normalized spacial score (nSPS) is 16.9. The van der Waals surface area contributed by atoms with Gasteiger partial charge in [-0.1, -0.05) is 58.6 Å². The zero-order valence-electron chi connectivity index (χ0n) is 22.8. The third-order valence-electron chi connectivity index (χ3n) is 6.60. The van der Waals surface area contributed by atoms with Crippen molar-refractivity contribution < 1.29 is 24.2 Å². The number of carbonyl (C=O) groups is 3. The van der Waals surface area contributed by atoms with Crippen LogP contribution in [0.5, 0.6) is 5.75 Å². The molecule has 0 saturated heterocycles. The summed E-state index contributed by atoms with van der Waals surface area (Å²) in [5.74, 6) is -0.772. The highest BCUT2D eigenvalue weighted by atomic mass is 16.6. The van der Waals surface area contributed by atoms with E-state index in [0.29, 0.717) is 24.9 Å². The zero-order chi connectivity index (χ0) is 26.9. The molecule has 3 unspecified atom stereocenters. The molecule has 3 amide bonds. The minimum atomic E-state index is -0.932. The van der Waals surface area contributed by atoms with Crippen molar-refractivity contribution in [3.05, 3.63) is 29.8 Å². The van der Waals surface area contributed by atoms with E-state index in [1.807, 2.05) is 20.8 Å². The van der Waals surface area contributed by atoms with E-state index in [-0.39, 0.29) is 29.5 Å². The molecule has 0 heterocycles. The first-order valence-electron chi connectivity index (χ1n) is 13.4. The molecule has 0 spiro atoms. The smallest absolute Gasteiger partial charge is 0.408 e. The van der Waals surface area contributed by atoms with Gasteiger partial charge in [-0.05, 0) is 63.6 Å². The number of rotatable bonds is 10. The van der Waals surface area contributed by atoms with Crippen molar-refractivity contribution in [1.29, 1.82) is 0 Å². The lowest BCUT2D eigenvalue weighted by Gasteiger charge is -2.37. The van der Waals surface area contributed by atoms with Crippen LogP contribution in [0.2, 0.25) is 0 Å². The van der Waals surface area contributed by atoms with Gasteiger partial charge < -0.3 is 25.4 Å². The van der Waals surface area contributed by atoms with Crippen LogP contribution in [0.4, 0.5) is 4.79 Å². The minimum absolute atomic E-state index is 0.0252. The summed E-state index contributed by atoms with van der Waals surface area (Å²) in [5, 5.41) is 16.1. The lowest BCUT2D eigenvalue weighted by molar-refractivity contribution is -0.143. The Morgan fingerprint density at radius 3 is 2.36 bits per heavy atom. The van der Waals surface area contributed by atoms with Crippen molar-refractivity contribution in [2.24, 2.45) is 5.92 Å². The molecule has 36 heavy (non-hydrogen) atoms. The average molecular weight is 504 g/mol. The molecule has 1 aliphatic carbocycles. The average Bonchev–Trinajstić information content (AvgIpc) is 2.81. The third kappa shape index (κ3) is 8.71. The highest BCUT2D eigenvalue weighted by Gasteiger charge is 2.38. The summed E-state index contributed by atoms with van der Waals surface area (Å²) < 4.78 is 5.43. The Morgan fingerprint density at radius 1 is 1.14 bits per heavy atom. The van der Waals surface area contributed by atoms with Crippen molar-refractivity contribution in [2.75, 3.05) is 6.54 Å². The number of ether oxygens (including phenoxy) is 1. The fourth-order valence-corrected chi connectivity index (χ4v) is 4.60. The topological polar surface area (TPSA) is 108 Å². The van der Waals surface area contributed by atoms with E-state index in [1.165, 1.54) is 12.1 Å². The number of nitrogens with zero attached hydrogens (tertiary/aromatic N) is 1. The molecule has 0 radical (unpaired) electrons. The second kappa shape index (κ2) is 13.5. The van der Waals surface area contributed by atoms with Gasteiger partial charge in [-0.2, -0.15) is 0 Å². The van der Waals surface area contributed by atoms with Crippen LogP contribution in [0.25, 0.3) is 0 Å². The maximum Gasteiger partial charge on any atom is 0.408 e. The monoisotopic (exact) mass is 503 g/mol. The van der Waals surface area contributed by atoms with Crippen LogP contribution in [0.15, 0.2) is 24.3 Å². The van der Waals surface area contributed by atoms with Crippen LogP contribution >= 0.6 is 0 Å². The number of nitrogens with one attached hydrogen (secondary N) is 2. The first-order valence-corrected chi connectivity index (χ1v) is 13.4. The van der Waals surface area contributed by atoms with Gasteiger partial charge in [0.05, 0.1) is 0 Å². The maximum atomic E-state index is 14.0. The van der Waals surface area contributed by atoms with Crippen molar-refractivity contribution in [3.63, 3.8) is 0 Å². The number of hydrogen-bond acceptors (Lipinski definition) is 5. The molecule has 1 aliphatic rings. The molecule has 8 heteroatoms. The number of alkyl carbamates (subject to hydrolysis) is 1. The van der Waals surface area contributed by atoms with E-state index in [0.717, 1.165) is 32.1 Å². The van der Waals surface area contributed by atoms with Crippen LogP contribution in [0.3, 0.4) is 0 Å². The van der Waals surface area contributed by atoms with Gasteiger partial charge in [-0.25, -0.2) is 4.79 Å². The van der Waals surface area contributed by atoms with E-state index < -0.39 is 23.8 Å². The van der Waals surface area contributed by atoms with Crippen molar-refractivity contribution >= 4 is 17.9 Å². The molecule has 1 aromatic rings. The SMILES string of the molecule is CCCN(C(=O)C(NC(=O)OC(C)(C)C)C(C)CC)C(C(=O)NC1CCCCC1)c1cccc(O)c1. The minimum Gasteiger partial charge on any atom is -0.508 e. The summed E-state index contributed by atoms with van der Waals surface area (Å²) in [6, 6.07) is 4.76. The summed E-state index contributed by atoms with van der Waals surface area (Å²) in [5.41, 5.74) is -0.175. The Bertz CT molecular complexity index is 876. The Kier molecular flexibility index (Phi) is 11.1. The van der Waals surface area contributed by atoms with Gasteiger partial charge in [-0.15, -0.1) is 0 Å². The molecule has 1 aromatic carbocycles. The molecule has 3 N–H and O–H groups in total. The molecule has 2 rings (SSSR count). The molecule has 8 nitrogen and oxygen atoms in total. The molecule has 202 valence electrons. The molecule has 0 aliphatic heterocycles. The van der Waals surface area contributed by atoms with Gasteiger partial charge in [0.1, 0.15) is 23.4 Å². The molecule has 1 saturated carbocycles. The first-order chi connectivity index (χ1) is 17.0. The Morgan fingerprint density at radius 2 is 1.81 bits per heavy atom. The first kappa shape index (κ1) is 29.5. The second-order valence-electron chi connectivity index (χ2n) is 10.9. The van der Waals surface area contributed by atoms with Gasteiger partial charge in [0.2, 0.25) is 11.8 Å². The highest BCUT2D eigenvalue weighted by Crippen LogP contribution is 2.28. The standard InChI is InChI=1S/C28H45N3O5/c1-7-17-31(26(34)23(19(3)8-2)30-27(35)36-28(4,5)6)24(20-13-12-16-22(32)18-20)25(33)29-21-14-10-9-11-15-21/h12-13,16,18-19,21,23-24,32H,7-11,14-15,17H2,1-6H3,(H,29,33)(H,30,35). The fourth-order valence-electron chi connectivity index (χ4n) is 4.60. The summed E-state index contributed by atoms with van der Waals surface area (Å²) in [7, 11) is 0. The number of hydrogen-bond donors (Lipinski definition) is 3. The fraction of sp³-hybridized carbons (Fsp3) is 0.679. The number of carbonyl (C=O) groups excluding carboxylic acids is 3. The molecule has 1 fully saturated rings. The number of aromatic hydroxyl groups is 1. The van der Waals surface area contributed by atoms with E-state index in [4.69, 9.17) is 4.74 Å². The third-order valence-corrected chi connectivity index (χ3v) is 6.60. The van der Waals surface area contributed by atoms with Gasteiger partial charge >= 0.3 is 6.09 Å². The van der Waals surface area contributed by atoms with Gasteiger partial charge in [0.15, 0.2) is 0 Å². The number of benzene rings is 1. The summed E-state index contributed by atoms with van der Waals surface area (Å²) in [4.78, 5) is 41.9. The lowest BCUT2D eigenvalue weighted by Crippen LogP contribution is -2.56. The molecule has 3 atom stereocenters. The van der Waals surface area contributed by atoms with Gasteiger partial charge in [0.25, 0.3) is 0 Å². The van der Waals surface area contributed by atoms with Crippen molar-refractivity contribution in [2.45, 2.75) is 110 Å². The van der Waals surface area contributed by atoms with Crippen molar-refractivity contribution in [1.82, 2.24) is 15.5 Å². The maximum absolute atomic E-state index is 14.0. The summed E-state index contributed by atoms with van der Waals surface area (Å²) in [6.45, 7) is 11.4. The number of phenols is 1. The van der Waals surface area contributed by atoms with E-state index >= 15 is 0 Å². The molecular formula is C28H45N3O5. The zero-order valence-corrected chi connectivity index (χ0v) is 22.8. The number of phenolic OH excluding ortho intramolecular Hbond substituents is 1.